The van der Waals surface area contributed by atoms with Gasteiger partial charge >= 0.3 is 0 Å². The zero-order valence-electron chi connectivity index (χ0n) is 10.8. The van der Waals surface area contributed by atoms with Gasteiger partial charge < -0.3 is 9.47 Å². The first-order valence-corrected chi connectivity index (χ1v) is 6.91. The van der Waals surface area contributed by atoms with Crippen molar-refractivity contribution in [3.05, 3.63) is 35.9 Å². The molecule has 0 saturated carbocycles. The highest BCUT2D eigenvalue weighted by molar-refractivity contribution is 5.14. The van der Waals surface area contributed by atoms with E-state index in [2.05, 4.69) is 35.2 Å². The Bertz CT molecular complexity index is 354. The predicted octanol–water partition coefficient (Wildman–Crippen LogP) is 2.27. The van der Waals surface area contributed by atoms with Gasteiger partial charge in [-0.2, -0.15) is 0 Å². The molecule has 0 spiro atoms. The number of benzene rings is 1. The van der Waals surface area contributed by atoms with E-state index in [9.17, 15) is 0 Å². The van der Waals surface area contributed by atoms with E-state index >= 15 is 0 Å². The van der Waals surface area contributed by atoms with Crippen LogP contribution in [0.2, 0.25) is 0 Å². The fraction of sp³-hybridized carbons (Fsp3) is 0.600. The lowest BCUT2D eigenvalue weighted by Gasteiger charge is -2.33. The van der Waals surface area contributed by atoms with Crippen molar-refractivity contribution < 1.29 is 9.47 Å². The van der Waals surface area contributed by atoms with E-state index in [4.69, 9.17) is 9.47 Å². The molecule has 1 aromatic rings. The Morgan fingerprint density at radius 1 is 1.00 bits per heavy atom. The molecular formula is C15H21NO2. The summed E-state index contributed by atoms with van der Waals surface area (Å²) in [5.41, 5.74) is 1.41. The minimum atomic E-state index is 0.0730. The minimum absolute atomic E-state index is 0.0730. The molecule has 2 aliphatic heterocycles. The Hall–Kier alpha value is -0.900. The Morgan fingerprint density at radius 2 is 1.67 bits per heavy atom. The van der Waals surface area contributed by atoms with Gasteiger partial charge in [0.15, 0.2) is 6.29 Å². The van der Waals surface area contributed by atoms with Crippen molar-refractivity contribution in [2.75, 3.05) is 26.3 Å². The van der Waals surface area contributed by atoms with Crippen molar-refractivity contribution in [3.8, 4) is 0 Å². The second-order valence-electron chi connectivity index (χ2n) is 5.21. The van der Waals surface area contributed by atoms with Crippen LogP contribution < -0.4 is 0 Å². The standard InChI is InChI=1S/C15H21NO2/c1-2-4-13(5-3-1)12-16-8-6-14(7-9-16)15-17-10-11-18-15/h1-5,14-15H,6-12H2. The van der Waals surface area contributed by atoms with Crippen LogP contribution in [0.5, 0.6) is 0 Å². The summed E-state index contributed by atoms with van der Waals surface area (Å²) in [4.78, 5) is 2.53. The van der Waals surface area contributed by atoms with Gasteiger partial charge in [-0.25, -0.2) is 0 Å². The van der Waals surface area contributed by atoms with Gasteiger partial charge in [-0.05, 0) is 31.5 Å². The summed E-state index contributed by atoms with van der Waals surface area (Å²) in [5, 5.41) is 0. The molecule has 2 saturated heterocycles. The average molecular weight is 247 g/mol. The summed E-state index contributed by atoms with van der Waals surface area (Å²) in [7, 11) is 0. The minimum Gasteiger partial charge on any atom is -0.350 e. The third kappa shape index (κ3) is 2.91. The topological polar surface area (TPSA) is 21.7 Å². The van der Waals surface area contributed by atoms with E-state index in [0.717, 1.165) is 32.8 Å². The van der Waals surface area contributed by atoms with Gasteiger partial charge in [-0.15, -0.1) is 0 Å². The first-order chi connectivity index (χ1) is 8.92. The summed E-state index contributed by atoms with van der Waals surface area (Å²) in [5.74, 6) is 0.597. The van der Waals surface area contributed by atoms with Crippen molar-refractivity contribution in [2.24, 2.45) is 5.92 Å². The van der Waals surface area contributed by atoms with Crippen molar-refractivity contribution >= 4 is 0 Å². The molecule has 0 unspecified atom stereocenters. The molecule has 2 aliphatic rings. The van der Waals surface area contributed by atoms with E-state index in [1.807, 2.05) is 0 Å². The van der Waals surface area contributed by atoms with Crippen LogP contribution in [0.15, 0.2) is 30.3 Å². The molecular weight excluding hydrogens is 226 g/mol. The van der Waals surface area contributed by atoms with E-state index in [1.165, 1.54) is 18.4 Å². The number of ether oxygens (including phenoxy) is 2. The van der Waals surface area contributed by atoms with Crippen molar-refractivity contribution in [3.63, 3.8) is 0 Å². The molecule has 0 aliphatic carbocycles. The van der Waals surface area contributed by atoms with Gasteiger partial charge in [-0.3, -0.25) is 4.90 Å². The maximum atomic E-state index is 5.61. The summed E-state index contributed by atoms with van der Waals surface area (Å²) in [6.45, 7) is 4.93. The molecule has 0 radical (unpaired) electrons. The molecule has 3 nitrogen and oxygen atoms in total. The zero-order valence-corrected chi connectivity index (χ0v) is 10.8. The van der Waals surface area contributed by atoms with Crippen molar-refractivity contribution in [1.29, 1.82) is 0 Å². The largest absolute Gasteiger partial charge is 0.350 e. The number of rotatable bonds is 3. The highest BCUT2D eigenvalue weighted by atomic mass is 16.7. The van der Waals surface area contributed by atoms with Crippen LogP contribution in [-0.2, 0) is 16.0 Å². The van der Waals surface area contributed by atoms with Gasteiger partial charge in [0.1, 0.15) is 0 Å². The first kappa shape index (κ1) is 12.2. The van der Waals surface area contributed by atoms with Gasteiger partial charge in [0.25, 0.3) is 0 Å². The molecule has 2 fully saturated rings. The Morgan fingerprint density at radius 3 is 2.33 bits per heavy atom. The van der Waals surface area contributed by atoms with Crippen molar-refractivity contribution in [2.45, 2.75) is 25.7 Å². The molecule has 0 amide bonds. The second kappa shape index (κ2) is 5.83. The van der Waals surface area contributed by atoms with Gasteiger partial charge in [-0.1, -0.05) is 30.3 Å². The third-order valence-corrected chi connectivity index (χ3v) is 3.91. The highest BCUT2D eigenvalue weighted by Crippen LogP contribution is 2.26. The van der Waals surface area contributed by atoms with Crippen LogP contribution in [0.25, 0.3) is 0 Å². The summed E-state index contributed by atoms with van der Waals surface area (Å²) in [6, 6.07) is 10.7. The normalized spacial score (nSPS) is 23.6. The number of nitrogens with zero attached hydrogens (tertiary/aromatic N) is 1. The summed E-state index contributed by atoms with van der Waals surface area (Å²) >= 11 is 0. The van der Waals surface area contributed by atoms with Gasteiger partial charge in [0.05, 0.1) is 13.2 Å². The molecule has 0 aromatic heterocycles. The molecule has 18 heavy (non-hydrogen) atoms. The predicted molar refractivity (Wildman–Crippen MR) is 70.1 cm³/mol. The van der Waals surface area contributed by atoms with E-state index < -0.39 is 0 Å². The number of likely N-dealkylation sites (tertiary alicyclic amines) is 1. The van der Waals surface area contributed by atoms with Crippen LogP contribution in [0.1, 0.15) is 18.4 Å². The summed E-state index contributed by atoms with van der Waals surface area (Å²) in [6.07, 6.45) is 2.46. The highest BCUT2D eigenvalue weighted by Gasteiger charge is 2.30. The molecule has 1 aromatic carbocycles. The monoisotopic (exact) mass is 247 g/mol. The SMILES string of the molecule is c1ccc(CN2CCC(C3OCCO3)CC2)cc1. The van der Waals surface area contributed by atoms with E-state index in [1.54, 1.807) is 0 Å². The first-order valence-electron chi connectivity index (χ1n) is 6.91. The number of hydrogen-bond donors (Lipinski definition) is 0. The average Bonchev–Trinajstić information content (AvgIpc) is 2.95. The quantitative estimate of drug-likeness (QED) is 0.818. The Labute approximate surface area is 109 Å². The van der Waals surface area contributed by atoms with Gasteiger partial charge in [0, 0.05) is 12.5 Å². The lowest BCUT2D eigenvalue weighted by molar-refractivity contribution is -0.0977. The lowest BCUT2D eigenvalue weighted by Crippen LogP contribution is -2.37. The zero-order chi connectivity index (χ0) is 12.2. The fourth-order valence-corrected chi connectivity index (χ4v) is 2.87. The lowest BCUT2D eigenvalue weighted by atomic mass is 9.96. The number of piperidine rings is 1. The van der Waals surface area contributed by atoms with Crippen molar-refractivity contribution in [1.82, 2.24) is 4.90 Å². The maximum Gasteiger partial charge on any atom is 0.160 e. The van der Waals surface area contributed by atoms with Crippen LogP contribution in [-0.4, -0.2) is 37.5 Å². The molecule has 3 rings (SSSR count). The maximum absolute atomic E-state index is 5.61. The van der Waals surface area contributed by atoms with Crippen LogP contribution in [0.3, 0.4) is 0 Å². The fourth-order valence-electron chi connectivity index (χ4n) is 2.87. The smallest absolute Gasteiger partial charge is 0.160 e. The molecule has 0 N–H and O–H groups in total. The molecule has 2 heterocycles. The van der Waals surface area contributed by atoms with E-state index in [0.29, 0.717) is 5.92 Å². The van der Waals surface area contributed by atoms with Crippen LogP contribution >= 0.6 is 0 Å². The van der Waals surface area contributed by atoms with Crippen LogP contribution in [0.4, 0.5) is 0 Å². The van der Waals surface area contributed by atoms with E-state index in [-0.39, 0.29) is 6.29 Å². The molecule has 98 valence electrons. The molecule has 0 atom stereocenters. The third-order valence-electron chi connectivity index (χ3n) is 3.91. The van der Waals surface area contributed by atoms with Crippen LogP contribution in [0, 0.1) is 5.92 Å². The Kier molecular flexibility index (Phi) is 3.93. The molecule has 3 heteroatoms. The molecule has 0 bridgehead atoms. The van der Waals surface area contributed by atoms with Gasteiger partial charge in [0.2, 0.25) is 0 Å². The second-order valence-corrected chi connectivity index (χ2v) is 5.21. The number of hydrogen-bond acceptors (Lipinski definition) is 3. The Balaban J connectivity index is 1.48. The summed E-state index contributed by atoms with van der Waals surface area (Å²) < 4.78 is 11.2.